The standard InChI is InChI=1S/C52H73NO11S2/c1-28(2)29(3)43-44(64-43)51(62)14-6-9-31-22-36-37-24-42(59)50(26-39(58)38(57)25-47(36,50)4)46(61)66-65-40(11-7-19-54)35-10-5-8-32(27-55)48(35)17-18-53(45(48)60)33-20-30(21-34(56)23-33)12-15-49(31)41(51)13-16-52(37,49)63/h6,9,20-21,23-24,28-29,31-32,35-36,38-41,43-44,46,54-58,61-63H,5,7-8,10-19,22,25-27H2,1-4H3/t29-,31-,32-,35-,36+,38+,39-,40-,41+,43+,44-,46-,47-,48-,49-,50+,51-,52-/m1/s1. The van der Waals surface area contributed by atoms with Gasteiger partial charge in [0.05, 0.1) is 34.7 Å². The van der Waals surface area contributed by atoms with Gasteiger partial charge in [0.2, 0.25) is 5.91 Å². The van der Waals surface area contributed by atoms with E-state index >= 15 is 9.59 Å². The van der Waals surface area contributed by atoms with Gasteiger partial charge in [-0.3, -0.25) is 9.59 Å². The first kappa shape index (κ1) is 47.7. The minimum atomic E-state index is -1.59. The summed E-state index contributed by atoms with van der Waals surface area (Å²) in [5, 5.41) is 95.9. The van der Waals surface area contributed by atoms with E-state index in [2.05, 4.69) is 32.9 Å². The highest BCUT2D eigenvalue weighted by Crippen LogP contribution is 2.76. The van der Waals surface area contributed by atoms with Crippen molar-refractivity contribution in [3.05, 3.63) is 47.6 Å². The summed E-state index contributed by atoms with van der Waals surface area (Å²) in [6.45, 7) is 8.60. The quantitative estimate of drug-likeness (QED) is 0.0919. The number of anilines is 1. The number of aliphatic hydroxyl groups is 7. The molecule has 1 amide bonds. The number of benzene rings is 1. The maximum atomic E-state index is 15.6. The van der Waals surface area contributed by atoms with Gasteiger partial charge < -0.3 is 50.5 Å². The maximum absolute atomic E-state index is 15.6. The van der Waals surface area contributed by atoms with E-state index in [1.807, 2.05) is 13.0 Å². The van der Waals surface area contributed by atoms with Crippen molar-refractivity contribution in [1.82, 2.24) is 0 Å². The summed E-state index contributed by atoms with van der Waals surface area (Å²) in [5.41, 5.74) is -6.97. The lowest BCUT2D eigenvalue weighted by Crippen LogP contribution is -2.70. The highest BCUT2D eigenvalue weighted by molar-refractivity contribution is 8.77. The van der Waals surface area contributed by atoms with Gasteiger partial charge >= 0.3 is 0 Å². The third kappa shape index (κ3) is 6.53. The zero-order valence-corrected chi connectivity index (χ0v) is 40.7. The van der Waals surface area contributed by atoms with Crippen LogP contribution in [0.4, 0.5) is 5.69 Å². The first-order valence-corrected chi connectivity index (χ1v) is 27.4. The first-order chi connectivity index (χ1) is 31.4. The zero-order valence-electron chi connectivity index (χ0n) is 39.1. The van der Waals surface area contributed by atoms with Gasteiger partial charge in [-0.1, -0.05) is 67.9 Å². The molecule has 1 aromatic rings. The van der Waals surface area contributed by atoms with Crippen molar-refractivity contribution in [2.24, 2.45) is 63.1 Å². The summed E-state index contributed by atoms with van der Waals surface area (Å²) in [6.07, 6.45) is 8.61. The average Bonchev–Trinajstić information content (AvgIpc) is 3.96. The summed E-state index contributed by atoms with van der Waals surface area (Å²) in [6, 6.07) is 5.33. The molecule has 0 unspecified atom stereocenters. The Morgan fingerprint density at radius 1 is 0.955 bits per heavy atom. The number of aliphatic hydroxyl groups excluding tert-OH is 5. The molecule has 6 fully saturated rings. The SMILES string of the molecule is CC(C)[C@@H](C)[C@@H]1O[C@H]1[C@@]1(O)CC=C[C@@H]2C[C@H]3C4=CC(=O)[C@@]5(C[C@@H](O)[C@@H](O)C[C@]35C)[C@H](O)SS[C@H](CCCO)[C@H]3CCC[C@H](CO)[C@]35CCN(C5=O)c3cc(O)cc(c3)CC[C@]23[C@@H]1CC[C@@]43O. The van der Waals surface area contributed by atoms with Crippen LogP contribution in [0.2, 0.25) is 0 Å². The third-order valence-corrected chi connectivity index (χ3v) is 23.4. The molecule has 11 aliphatic rings. The number of hydrogen-bond donors (Lipinski definition) is 8. The van der Waals surface area contributed by atoms with E-state index < -0.39 is 68.4 Å². The molecular weight excluding hydrogens is 879 g/mol. The Labute approximate surface area is 397 Å². The Bertz CT molecular complexity index is 2150. The van der Waals surface area contributed by atoms with Crippen molar-refractivity contribution in [1.29, 1.82) is 0 Å². The summed E-state index contributed by atoms with van der Waals surface area (Å²) in [7, 11) is 2.61. The van der Waals surface area contributed by atoms with E-state index in [0.717, 1.165) is 12.0 Å². The summed E-state index contributed by atoms with van der Waals surface area (Å²) in [5.74, 6) is -1.75. The smallest absolute Gasteiger partial charge is 0.233 e. The van der Waals surface area contributed by atoms with Crippen LogP contribution in [-0.2, 0) is 20.7 Å². The number of amides is 1. The second kappa shape index (κ2) is 16.8. The second-order valence-corrected chi connectivity index (χ2v) is 25.6. The lowest BCUT2D eigenvalue weighted by Gasteiger charge is -2.67. The van der Waals surface area contributed by atoms with Crippen molar-refractivity contribution < 1.29 is 55.2 Å². The van der Waals surface area contributed by atoms with Gasteiger partial charge in [-0.25, -0.2) is 0 Å². The Morgan fingerprint density at radius 3 is 2.47 bits per heavy atom. The summed E-state index contributed by atoms with van der Waals surface area (Å²) < 4.78 is 6.48. The molecule has 3 spiro atoms. The molecule has 14 heteroatoms. The lowest BCUT2D eigenvalue weighted by atomic mass is 9.39. The van der Waals surface area contributed by atoms with Gasteiger partial charge in [0.25, 0.3) is 0 Å². The number of allylic oxidation sites excluding steroid dienone is 2. The van der Waals surface area contributed by atoms with E-state index in [9.17, 15) is 40.9 Å². The van der Waals surface area contributed by atoms with E-state index in [-0.39, 0.29) is 84.9 Å². The zero-order chi connectivity index (χ0) is 46.9. The third-order valence-electron chi connectivity index (χ3n) is 20.3. The number of phenolic OH excluding ortho intramolecular Hbond substituents is 1. The van der Waals surface area contributed by atoms with Crippen LogP contribution in [0.3, 0.4) is 0 Å². The van der Waals surface area contributed by atoms with Crippen molar-refractivity contribution in [2.75, 3.05) is 24.7 Å². The Hall–Kier alpha value is -1.98. The van der Waals surface area contributed by atoms with Crippen LogP contribution in [0.5, 0.6) is 5.75 Å². The highest BCUT2D eigenvalue weighted by Gasteiger charge is 2.78. The number of hydrogen-bond acceptors (Lipinski definition) is 13. The number of carbonyl (C=O) groups excluding carboxylic acids is 2. The van der Waals surface area contributed by atoms with E-state index in [1.165, 1.54) is 21.6 Å². The number of phenols is 1. The predicted octanol–water partition coefficient (Wildman–Crippen LogP) is 5.84. The maximum Gasteiger partial charge on any atom is 0.233 e. The van der Waals surface area contributed by atoms with Gasteiger partial charge in [0, 0.05) is 48.1 Å². The van der Waals surface area contributed by atoms with Gasteiger partial charge in [-0.05, 0) is 154 Å². The van der Waals surface area contributed by atoms with Crippen LogP contribution < -0.4 is 4.90 Å². The molecule has 2 saturated heterocycles. The molecule has 364 valence electrons. The molecule has 4 saturated carbocycles. The predicted molar refractivity (Wildman–Crippen MR) is 253 cm³/mol. The fraction of sp³-hybridized carbons (Fsp3) is 0.769. The molecule has 5 heterocycles. The summed E-state index contributed by atoms with van der Waals surface area (Å²) in [4.78, 5) is 32.7. The number of epoxide rings is 1. The molecule has 0 radical (unpaired) electrons. The van der Waals surface area contributed by atoms with Crippen molar-refractivity contribution in [3.63, 3.8) is 0 Å². The number of aromatic hydroxyl groups is 1. The van der Waals surface area contributed by atoms with Crippen LogP contribution in [0.25, 0.3) is 0 Å². The van der Waals surface area contributed by atoms with Gasteiger partial charge in [-0.2, -0.15) is 0 Å². The summed E-state index contributed by atoms with van der Waals surface area (Å²) >= 11 is 0. The average molecular weight is 952 g/mol. The number of fused-ring (bicyclic) bond motifs is 1. The number of aryl methyl sites for hydroxylation is 1. The van der Waals surface area contributed by atoms with Crippen LogP contribution in [0.15, 0.2) is 42.0 Å². The van der Waals surface area contributed by atoms with E-state index in [4.69, 9.17) is 4.74 Å². The van der Waals surface area contributed by atoms with Crippen molar-refractivity contribution >= 4 is 39.0 Å². The van der Waals surface area contributed by atoms with E-state index in [1.54, 1.807) is 23.1 Å². The van der Waals surface area contributed by atoms with Crippen LogP contribution in [0, 0.1) is 63.1 Å². The normalized spacial score (nSPS) is 47.9. The molecule has 12 nitrogen and oxygen atoms in total. The fourth-order valence-electron chi connectivity index (χ4n) is 16.6. The molecule has 1 aromatic carbocycles. The minimum absolute atomic E-state index is 0.0132. The topological polar surface area (TPSA) is 212 Å². The number of nitrogens with zero attached hydrogens (tertiary/aromatic N) is 1. The van der Waals surface area contributed by atoms with Crippen molar-refractivity contribution in [3.8, 4) is 5.75 Å². The number of carbonyl (C=O) groups is 2. The molecule has 8 N–H and O–H groups in total. The molecule has 8 bridgehead atoms. The lowest BCUT2D eigenvalue weighted by molar-refractivity contribution is -0.206. The first-order valence-electron chi connectivity index (χ1n) is 25.1. The molecule has 12 rings (SSSR count). The Balaban J connectivity index is 1.17. The highest BCUT2D eigenvalue weighted by atomic mass is 33.1. The van der Waals surface area contributed by atoms with Crippen LogP contribution >= 0.6 is 21.6 Å². The minimum Gasteiger partial charge on any atom is -0.508 e. The second-order valence-electron chi connectivity index (χ2n) is 23.0. The largest absolute Gasteiger partial charge is 0.508 e. The molecule has 18 atom stereocenters. The van der Waals surface area contributed by atoms with Crippen molar-refractivity contribution in [2.45, 2.75) is 164 Å². The molecule has 6 aliphatic carbocycles. The Kier molecular flexibility index (Phi) is 12.2. The van der Waals surface area contributed by atoms with Gasteiger partial charge in [0.15, 0.2) is 5.78 Å². The molecular formula is C52H73NO11S2. The monoisotopic (exact) mass is 951 g/mol. The molecule has 66 heavy (non-hydrogen) atoms. The molecule has 5 aliphatic heterocycles. The van der Waals surface area contributed by atoms with Gasteiger partial charge in [-0.15, -0.1) is 0 Å². The van der Waals surface area contributed by atoms with E-state index in [0.29, 0.717) is 87.9 Å². The van der Waals surface area contributed by atoms with Crippen LogP contribution in [0.1, 0.15) is 117 Å². The number of ketones is 1. The number of ether oxygens (including phenoxy) is 1. The molecule has 0 aromatic heterocycles. The number of rotatable bonds is 7. The Morgan fingerprint density at radius 2 is 1.73 bits per heavy atom. The fourth-order valence-corrected chi connectivity index (χ4v) is 20.2. The van der Waals surface area contributed by atoms with Crippen LogP contribution in [-0.4, -0.2) is 119 Å². The van der Waals surface area contributed by atoms with Gasteiger partial charge in [0.1, 0.15) is 22.9 Å².